The summed E-state index contributed by atoms with van der Waals surface area (Å²) in [5, 5.41) is 0. The Hall–Kier alpha value is -1.27. The molecule has 1 aromatic rings. The van der Waals surface area contributed by atoms with Gasteiger partial charge in [-0.3, -0.25) is 0 Å². The van der Waals surface area contributed by atoms with Crippen molar-refractivity contribution in [3.05, 3.63) is 18.2 Å². The number of nitrogens with two attached hydrogens (primary N) is 1. The van der Waals surface area contributed by atoms with Crippen LogP contribution in [0.4, 0.5) is 11.4 Å². The summed E-state index contributed by atoms with van der Waals surface area (Å²) in [6.07, 6.45) is 1.98. The van der Waals surface area contributed by atoms with Gasteiger partial charge in [0.2, 0.25) is 10.0 Å². The molecular weight excluding hydrogens is 274 g/mol. The average Bonchev–Trinajstić information content (AvgIpc) is 2.38. The molecule has 0 aliphatic heterocycles. The number of rotatable bonds is 7. The molecule has 0 aliphatic carbocycles. The van der Waals surface area contributed by atoms with E-state index < -0.39 is 10.0 Å². The lowest BCUT2D eigenvalue weighted by Crippen LogP contribution is -2.27. The molecule has 0 aromatic heterocycles. The maximum Gasteiger partial charge on any atom is 0.242 e. The number of nitrogen functional groups attached to an aromatic ring is 1. The van der Waals surface area contributed by atoms with Crippen molar-refractivity contribution >= 4 is 21.4 Å². The van der Waals surface area contributed by atoms with E-state index in [0.29, 0.717) is 5.69 Å². The number of nitrogens with zero attached hydrogens (tertiary/aromatic N) is 2. The molecule has 0 bridgehead atoms. The van der Waals surface area contributed by atoms with Crippen LogP contribution in [-0.4, -0.2) is 39.9 Å². The molecule has 0 atom stereocenters. The summed E-state index contributed by atoms with van der Waals surface area (Å²) in [5.74, 6) is 0. The Morgan fingerprint density at radius 2 is 1.65 bits per heavy atom. The van der Waals surface area contributed by atoms with Crippen molar-refractivity contribution in [3.8, 4) is 0 Å². The molecule has 0 aliphatic rings. The van der Waals surface area contributed by atoms with Gasteiger partial charge in [-0.25, -0.2) is 12.7 Å². The first kappa shape index (κ1) is 16.8. The van der Waals surface area contributed by atoms with Crippen LogP contribution in [0.25, 0.3) is 0 Å². The molecule has 6 heteroatoms. The number of hydrogen-bond acceptors (Lipinski definition) is 4. The third kappa shape index (κ3) is 3.64. The van der Waals surface area contributed by atoms with Crippen molar-refractivity contribution in [1.82, 2.24) is 4.31 Å². The summed E-state index contributed by atoms with van der Waals surface area (Å²) in [4.78, 5) is 2.42. The zero-order valence-corrected chi connectivity index (χ0v) is 13.6. The highest BCUT2D eigenvalue weighted by Crippen LogP contribution is 2.28. The summed E-state index contributed by atoms with van der Waals surface area (Å²) in [7, 11) is -0.370. The first-order valence-electron chi connectivity index (χ1n) is 6.91. The zero-order chi connectivity index (χ0) is 15.3. The summed E-state index contributed by atoms with van der Waals surface area (Å²) in [6, 6.07) is 4.91. The Balaban J connectivity index is 3.27. The van der Waals surface area contributed by atoms with Gasteiger partial charge in [0.05, 0.1) is 16.3 Å². The topological polar surface area (TPSA) is 66.6 Å². The van der Waals surface area contributed by atoms with Crippen molar-refractivity contribution in [1.29, 1.82) is 0 Å². The van der Waals surface area contributed by atoms with E-state index in [1.165, 1.54) is 18.4 Å². The van der Waals surface area contributed by atoms with Crippen molar-refractivity contribution in [2.45, 2.75) is 31.6 Å². The SMILES string of the molecule is CCCN(CCC)c1cc(S(=O)(=O)N(C)C)ccc1N. The van der Waals surface area contributed by atoms with Crippen LogP contribution in [0.1, 0.15) is 26.7 Å². The monoisotopic (exact) mass is 299 g/mol. The second-order valence-electron chi connectivity index (χ2n) is 5.00. The van der Waals surface area contributed by atoms with E-state index in [0.717, 1.165) is 31.6 Å². The van der Waals surface area contributed by atoms with Crippen LogP contribution < -0.4 is 10.6 Å². The van der Waals surface area contributed by atoms with Crippen LogP contribution in [0.2, 0.25) is 0 Å². The summed E-state index contributed by atoms with van der Waals surface area (Å²) < 4.78 is 25.6. The molecule has 0 amide bonds. The predicted octanol–water partition coefficient (Wildman–Crippen LogP) is 2.15. The number of sulfonamides is 1. The molecule has 114 valence electrons. The minimum absolute atomic E-state index is 0.281. The molecule has 20 heavy (non-hydrogen) atoms. The van der Waals surface area contributed by atoms with Gasteiger partial charge < -0.3 is 10.6 Å². The Morgan fingerprint density at radius 3 is 2.10 bits per heavy atom. The maximum absolute atomic E-state index is 12.2. The third-order valence-electron chi connectivity index (χ3n) is 3.11. The van der Waals surface area contributed by atoms with Crippen LogP contribution in [-0.2, 0) is 10.0 Å². The average molecular weight is 299 g/mol. The molecule has 0 fully saturated rings. The molecule has 1 aromatic carbocycles. The van der Waals surface area contributed by atoms with Gasteiger partial charge in [0.1, 0.15) is 0 Å². The van der Waals surface area contributed by atoms with Crippen LogP contribution >= 0.6 is 0 Å². The van der Waals surface area contributed by atoms with Crippen molar-refractivity contribution in [3.63, 3.8) is 0 Å². The molecular formula is C14H25N3O2S. The lowest BCUT2D eigenvalue weighted by atomic mass is 10.2. The summed E-state index contributed by atoms with van der Waals surface area (Å²) in [5.41, 5.74) is 7.44. The molecule has 0 saturated carbocycles. The third-order valence-corrected chi connectivity index (χ3v) is 4.92. The van der Waals surface area contributed by atoms with Gasteiger partial charge in [-0.2, -0.15) is 0 Å². The van der Waals surface area contributed by atoms with Crippen LogP contribution in [0.5, 0.6) is 0 Å². The van der Waals surface area contributed by atoms with E-state index in [9.17, 15) is 8.42 Å². The standard InChI is InChI=1S/C14H25N3O2S/c1-5-9-17(10-6-2)14-11-12(7-8-13(14)15)20(18,19)16(3)4/h7-8,11H,5-6,9-10,15H2,1-4H3. The van der Waals surface area contributed by atoms with Crippen molar-refractivity contribution < 1.29 is 8.42 Å². The van der Waals surface area contributed by atoms with E-state index in [-0.39, 0.29) is 4.90 Å². The molecule has 5 nitrogen and oxygen atoms in total. The van der Waals surface area contributed by atoms with Gasteiger partial charge in [-0.1, -0.05) is 13.8 Å². The largest absolute Gasteiger partial charge is 0.397 e. The number of benzene rings is 1. The minimum Gasteiger partial charge on any atom is -0.397 e. The molecule has 1 rings (SSSR count). The van der Waals surface area contributed by atoms with Gasteiger partial charge in [-0.05, 0) is 31.0 Å². The highest BCUT2D eigenvalue weighted by molar-refractivity contribution is 7.89. The smallest absolute Gasteiger partial charge is 0.242 e. The fourth-order valence-electron chi connectivity index (χ4n) is 2.06. The molecule has 0 heterocycles. The quantitative estimate of drug-likeness (QED) is 0.783. The van der Waals surface area contributed by atoms with E-state index in [2.05, 4.69) is 18.7 Å². The van der Waals surface area contributed by atoms with Crippen LogP contribution in [0, 0.1) is 0 Å². The molecule has 2 N–H and O–H groups in total. The fraction of sp³-hybridized carbons (Fsp3) is 0.571. The molecule has 0 unspecified atom stereocenters. The number of hydrogen-bond donors (Lipinski definition) is 1. The predicted molar refractivity (Wildman–Crippen MR) is 84.5 cm³/mol. The Labute approximate surface area is 122 Å². The molecule has 0 saturated heterocycles. The second-order valence-corrected chi connectivity index (χ2v) is 7.15. The minimum atomic E-state index is -3.43. The molecule has 0 radical (unpaired) electrons. The first-order valence-corrected chi connectivity index (χ1v) is 8.35. The maximum atomic E-state index is 12.2. The van der Waals surface area contributed by atoms with Crippen LogP contribution in [0.15, 0.2) is 23.1 Å². The van der Waals surface area contributed by atoms with E-state index in [1.54, 1.807) is 18.2 Å². The van der Waals surface area contributed by atoms with Gasteiger partial charge in [0, 0.05) is 27.2 Å². The lowest BCUT2D eigenvalue weighted by molar-refractivity contribution is 0.520. The van der Waals surface area contributed by atoms with E-state index in [4.69, 9.17) is 5.73 Å². The Kier molecular flexibility index (Phi) is 5.83. The van der Waals surface area contributed by atoms with Crippen LogP contribution in [0.3, 0.4) is 0 Å². The fourth-order valence-corrected chi connectivity index (χ4v) is 2.98. The lowest BCUT2D eigenvalue weighted by Gasteiger charge is -2.26. The zero-order valence-electron chi connectivity index (χ0n) is 12.8. The summed E-state index contributed by atoms with van der Waals surface area (Å²) >= 11 is 0. The van der Waals surface area contributed by atoms with E-state index >= 15 is 0 Å². The highest BCUT2D eigenvalue weighted by Gasteiger charge is 2.19. The van der Waals surface area contributed by atoms with Crippen molar-refractivity contribution in [2.24, 2.45) is 0 Å². The van der Waals surface area contributed by atoms with Gasteiger partial charge in [0.25, 0.3) is 0 Å². The van der Waals surface area contributed by atoms with E-state index in [1.807, 2.05) is 0 Å². The first-order chi connectivity index (χ1) is 9.34. The van der Waals surface area contributed by atoms with Gasteiger partial charge in [0.15, 0.2) is 0 Å². The summed E-state index contributed by atoms with van der Waals surface area (Å²) in [6.45, 7) is 5.92. The molecule has 0 spiro atoms. The van der Waals surface area contributed by atoms with Gasteiger partial charge >= 0.3 is 0 Å². The number of anilines is 2. The normalized spacial score (nSPS) is 11.8. The van der Waals surface area contributed by atoms with Crippen molar-refractivity contribution in [2.75, 3.05) is 37.8 Å². The second kappa shape index (κ2) is 6.95. The highest BCUT2D eigenvalue weighted by atomic mass is 32.2. The van der Waals surface area contributed by atoms with Gasteiger partial charge in [-0.15, -0.1) is 0 Å². The Morgan fingerprint density at radius 1 is 1.10 bits per heavy atom. The Bertz CT molecular complexity index is 535.